The van der Waals surface area contributed by atoms with E-state index in [2.05, 4.69) is 17.2 Å². The van der Waals surface area contributed by atoms with Gasteiger partial charge in [0.1, 0.15) is 0 Å². The van der Waals surface area contributed by atoms with Gasteiger partial charge in [0.05, 0.1) is 12.8 Å². The van der Waals surface area contributed by atoms with E-state index < -0.39 is 13.9 Å². The lowest BCUT2D eigenvalue weighted by atomic mass is 10.5. The summed E-state index contributed by atoms with van der Waals surface area (Å²) in [6, 6.07) is 0. The molecule has 0 radical (unpaired) electrons. The van der Waals surface area contributed by atoms with Gasteiger partial charge >= 0.3 is 7.60 Å². The first-order valence-electron chi connectivity index (χ1n) is 3.58. The summed E-state index contributed by atoms with van der Waals surface area (Å²) in [5.41, 5.74) is 0. The van der Waals surface area contributed by atoms with Crippen LogP contribution in [0, 0.1) is 0 Å². The second-order valence-electron chi connectivity index (χ2n) is 2.34. The normalized spacial score (nSPS) is 10.9. The van der Waals surface area contributed by atoms with Gasteiger partial charge in [-0.1, -0.05) is 6.08 Å². The Hall–Kier alpha value is -0.680. The van der Waals surface area contributed by atoms with E-state index in [1.165, 1.54) is 6.08 Å². The van der Waals surface area contributed by atoms with Gasteiger partial charge in [-0.05, 0) is 0 Å². The van der Waals surface area contributed by atoms with Crippen LogP contribution in [0.5, 0.6) is 0 Å². The predicted octanol–water partition coefficient (Wildman–Crippen LogP) is -0.987. The minimum Gasteiger partial charge on any atom is -0.352 e. The summed E-state index contributed by atoms with van der Waals surface area (Å²) in [4.78, 5) is 27.6. The Balaban J connectivity index is 3.48. The van der Waals surface area contributed by atoms with E-state index in [0.29, 0.717) is 6.54 Å². The number of rotatable bonds is 6. The molecule has 76 valence electrons. The lowest BCUT2D eigenvalue weighted by Gasteiger charge is -2.05. The molecule has 4 N–H and O–H groups in total. The molecular formula is C6H13N2O4P. The molecule has 0 aliphatic heterocycles. The smallest absolute Gasteiger partial charge is 0.339 e. The molecule has 0 saturated carbocycles. The molecule has 0 aromatic rings. The van der Waals surface area contributed by atoms with Crippen molar-refractivity contribution in [3.05, 3.63) is 12.7 Å². The third-order valence-corrected chi connectivity index (χ3v) is 1.68. The molecule has 1 amide bonds. The maximum atomic E-state index is 10.8. The van der Waals surface area contributed by atoms with Crippen molar-refractivity contribution in [1.29, 1.82) is 0 Å². The zero-order valence-electron chi connectivity index (χ0n) is 7.06. The molecule has 0 heterocycles. The molecule has 0 saturated heterocycles. The second-order valence-corrected chi connectivity index (χ2v) is 3.99. The second kappa shape index (κ2) is 5.88. The zero-order chi connectivity index (χ0) is 10.3. The Bertz CT molecular complexity index is 225. The van der Waals surface area contributed by atoms with Crippen molar-refractivity contribution in [2.45, 2.75) is 0 Å². The fourth-order valence-electron chi connectivity index (χ4n) is 0.564. The molecule has 0 rings (SSSR count). The van der Waals surface area contributed by atoms with Crippen LogP contribution in [0.25, 0.3) is 0 Å². The molecule has 7 heteroatoms. The Morgan fingerprint density at radius 2 is 2.15 bits per heavy atom. The number of nitrogens with one attached hydrogen (secondary N) is 2. The van der Waals surface area contributed by atoms with E-state index >= 15 is 0 Å². The van der Waals surface area contributed by atoms with Crippen LogP contribution in [0.15, 0.2) is 12.7 Å². The topological polar surface area (TPSA) is 98.7 Å². The highest BCUT2D eigenvalue weighted by Gasteiger charge is 2.11. The third kappa shape index (κ3) is 9.23. The predicted molar refractivity (Wildman–Crippen MR) is 48.1 cm³/mol. The minimum absolute atomic E-state index is 0.112. The molecule has 13 heavy (non-hydrogen) atoms. The Labute approximate surface area is 76.2 Å². The quantitative estimate of drug-likeness (QED) is 0.332. The lowest BCUT2D eigenvalue weighted by molar-refractivity contribution is -0.119. The van der Waals surface area contributed by atoms with Gasteiger partial charge in [0, 0.05) is 6.54 Å². The molecule has 0 aromatic heterocycles. The molecule has 0 fully saturated rings. The summed E-state index contributed by atoms with van der Waals surface area (Å²) in [7, 11) is -4.06. The number of carbonyl (C=O) groups excluding carboxylic acids is 1. The molecule has 0 atom stereocenters. The van der Waals surface area contributed by atoms with Crippen molar-refractivity contribution in [2.24, 2.45) is 0 Å². The average Bonchev–Trinajstić information content (AvgIpc) is 1.98. The van der Waals surface area contributed by atoms with Crippen molar-refractivity contribution < 1.29 is 19.1 Å². The van der Waals surface area contributed by atoms with Gasteiger partial charge in [-0.3, -0.25) is 14.7 Å². The first-order valence-corrected chi connectivity index (χ1v) is 5.38. The number of hydrogen-bond donors (Lipinski definition) is 4. The van der Waals surface area contributed by atoms with Crippen LogP contribution in [0.2, 0.25) is 0 Å². The van der Waals surface area contributed by atoms with Crippen LogP contribution in [-0.4, -0.2) is 35.1 Å². The van der Waals surface area contributed by atoms with Crippen LogP contribution in [0.3, 0.4) is 0 Å². The summed E-state index contributed by atoms with van der Waals surface area (Å²) in [5.74, 6) is -0.326. The SMILES string of the molecule is C=CCNC(=O)CNCP(=O)(O)O. The van der Waals surface area contributed by atoms with Gasteiger partial charge in [-0.2, -0.15) is 0 Å². The van der Waals surface area contributed by atoms with Crippen LogP contribution in [-0.2, 0) is 9.36 Å². The van der Waals surface area contributed by atoms with Gasteiger partial charge < -0.3 is 15.1 Å². The summed E-state index contributed by atoms with van der Waals surface area (Å²) in [5, 5.41) is 4.77. The van der Waals surface area contributed by atoms with Crippen LogP contribution >= 0.6 is 7.60 Å². The average molecular weight is 208 g/mol. The first-order chi connectivity index (χ1) is 5.95. The van der Waals surface area contributed by atoms with Gasteiger partial charge in [0.2, 0.25) is 5.91 Å². The molecular weight excluding hydrogens is 195 g/mol. The lowest BCUT2D eigenvalue weighted by Crippen LogP contribution is -2.34. The Kier molecular flexibility index (Phi) is 5.57. The molecule has 0 aliphatic rings. The summed E-state index contributed by atoms with van der Waals surface area (Å²) in [6.45, 7) is 3.62. The van der Waals surface area contributed by atoms with E-state index in [1.54, 1.807) is 0 Å². The highest BCUT2D eigenvalue weighted by molar-refractivity contribution is 7.51. The number of amides is 1. The van der Waals surface area contributed by atoms with Crippen LogP contribution < -0.4 is 10.6 Å². The molecule has 0 aliphatic carbocycles. The molecule has 6 nitrogen and oxygen atoms in total. The zero-order valence-corrected chi connectivity index (χ0v) is 7.96. The molecule has 0 unspecified atom stereocenters. The van der Waals surface area contributed by atoms with Crippen molar-refractivity contribution in [2.75, 3.05) is 19.4 Å². The summed E-state index contributed by atoms with van der Waals surface area (Å²) in [6.07, 6.45) is 1.02. The van der Waals surface area contributed by atoms with Gasteiger partial charge in [-0.25, -0.2) is 0 Å². The maximum absolute atomic E-state index is 10.8. The van der Waals surface area contributed by atoms with E-state index in [1.807, 2.05) is 0 Å². The first kappa shape index (κ1) is 12.3. The van der Waals surface area contributed by atoms with Gasteiger partial charge in [0.25, 0.3) is 0 Å². The Morgan fingerprint density at radius 1 is 1.54 bits per heavy atom. The van der Waals surface area contributed by atoms with Crippen molar-refractivity contribution in [3.8, 4) is 0 Å². The monoisotopic (exact) mass is 208 g/mol. The van der Waals surface area contributed by atoms with E-state index in [-0.39, 0.29) is 12.5 Å². The van der Waals surface area contributed by atoms with Crippen molar-refractivity contribution >= 4 is 13.5 Å². The number of hydrogen-bond acceptors (Lipinski definition) is 3. The van der Waals surface area contributed by atoms with E-state index in [0.717, 1.165) is 0 Å². The van der Waals surface area contributed by atoms with Gasteiger partial charge in [-0.15, -0.1) is 6.58 Å². The minimum atomic E-state index is -4.06. The largest absolute Gasteiger partial charge is 0.352 e. The molecule has 0 bridgehead atoms. The van der Waals surface area contributed by atoms with Crippen LogP contribution in [0.1, 0.15) is 0 Å². The Morgan fingerprint density at radius 3 is 2.62 bits per heavy atom. The van der Waals surface area contributed by atoms with Gasteiger partial charge in [0.15, 0.2) is 0 Å². The standard InChI is InChI=1S/C6H13N2O4P/c1-2-3-8-6(9)4-7-5-13(10,11)12/h2,7H,1,3-5H2,(H,8,9)(H2,10,11,12). The van der Waals surface area contributed by atoms with Crippen molar-refractivity contribution in [3.63, 3.8) is 0 Å². The summed E-state index contributed by atoms with van der Waals surface area (Å²) >= 11 is 0. The third-order valence-electron chi connectivity index (χ3n) is 1.05. The number of carbonyl (C=O) groups is 1. The summed E-state index contributed by atoms with van der Waals surface area (Å²) < 4.78 is 10.3. The fraction of sp³-hybridized carbons (Fsp3) is 0.500. The van der Waals surface area contributed by atoms with Crippen molar-refractivity contribution in [1.82, 2.24) is 10.6 Å². The van der Waals surface area contributed by atoms with E-state index in [4.69, 9.17) is 9.79 Å². The molecule has 0 aromatic carbocycles. The van der Waals surface area contributed by atoms with Crippen LogP contribution in [0.4, 0.5) is 0 Å². The van der Waals surface area contributed by atoms with E-state index in [9.17, 15) is 9.36 Å². The molecule has 0 spiro atoms. The maximum Gasteiger partial charge on any atom is 0.339 e. The highest BCUT2D eigenvalue weighted by atomic mass is 31.2. The fourth-order valence-corrected chi connectivity index (χ4v) is 0.967. The highest BCUT2D eigenvalue weighted by Crippen LogP contribution is 2.31.